The molecule has 6 N–H and O–H groups in total. The molecule has 1 amide bonds. The molecule has 13 heteroatoms. The maximum absolute atomic E-state index is 13.2. The van der Waals surface area contributed by atoms with Gasteiger partial charge in [-0.2, -0.15) is 8.78 Å². The molecule has 1 saturated heterocycles. The highest BCUT2D eigenvalue weighted by Gasteiger charge is 2.31. The minimum Gasteiger partial charge on any atom is -0.434 e. The van der Waals surface area contributed by atoms with Gasteiger partial charge in [0.1, 0.15) is 23.5 Å². The number of nitrogens with two attached hydrogens (primary N) is 1. The minimum absolute atomic E-state index is 0.000374. The number of nitrogens with zero attached hydrogens (tertiary/aromatic N) is 3. The Morgan fingerprint density at radius 1 is 1.36 bits per heavy atom. The molecule has 1 fully saturated rings. The van der Waals surface area contributed by atoms with Gasteiger partial charge in [0.2, 0.25) is 5.91 Å². The largest absolute Gasteiger partial charge is 0.434 e. The van der Waals surface area contributed by atoms with Crippen molar-refractivity contribution in [2.45, 2.75) is 38.0 Å². The van der Waals surface area contributed by atoms with Gasteiger partial charge in [-0.1, -0.05) is 11.6 Å². The quantitative estimate of drug-likeness (QED) is 0.225. The van der Waals surface area contributed by atoms with Crippen LogP contribution in [0.15, 0.2) is 41.7 Å². The van der Waals surface area contributed by atoms with Gasteiger partial charge in [0, 0.05) is 35.7 Å². The van der Waals surface area contributed by atoms with Crippen LogP contribution in [0.2, 0.25) is 5.02 Å². The van der Waals surface area contributed by atoms with Crippen molar-refractivity contribution in [1.82, 2.24) is 20.6 Å². The Kier molecular flexibility index (Phi) is 9.37. The summed E-state index contributed by atoms with van der Waals surface area (Å²) in [6, 6.07) is 4.10. The van der Waals surface area contributed by atoms with Crippen LogP contribution in [0, 0.1) is 16.7 Å². The van der Waals surface area contributed by atoms with Crippen LogP contribution in [0.5, 0.6) is 5.75 Å². The second kappa shape index (κ2) is 12.5. The van der Waals surface area contributed by atoms with Crippen molar-refractivity contribution in [2.75, 3.05) is 13.1 Å². The summed E-state index contributed by atoms with van der Waals surface area (Å²) in [4.78, 5) is 25.8. The molecule has 192 valence electrons. The van der Waals surface area contributed by atoms with Gasteiger partial charge in [-0.15, -0.1) is 0 Å². The third-order valence-corrected chi connectivity index (χ3v) is 5.96. The van der Waals surface area contributed by atoms with E-state index in [1.807, 2.05) is 6.92 Å². The Morgan fingerprint density at radius 2 is 2.08 bits per heavy atom. The van der Waals surface area contributed by atoms with E-state index in [4.69, 9.17) is 28.2 Å². The van der Waals surface area contributed by atoms with Gasteiger partial charge in [-0.3, -0.25) is 15.2 Å². The highest BCUT2D eigenvalue weighted by atomic mass is 35.5. The summed E-state index contributed by atoms with van der Waals surface area (Å²) in [6.07, 6.45) is 5.11. The second-order valence-corrected chi connectivity index (χ2v) is 8.64. The number of nitrogens with one attached hydrogen (secondary N) is 4. The van der Waals surface area contributed by atoms with Gasteiger partial charge in [-0.25, -0.2) is 9.97 Å². The number of benzene rings is 1. The van der Waals surface area contributed by atoms with Crippen LogP contribution >= 0.6 is 11.6 Å². The second-order valence-electron chi connectivity index (χ2n) is 8.21. The van der Waals surface area contributed by atoms with Crippen molar-refractivity contribution >= 4 is 35.3 Å². The molecular weight excluding hydrogens is 494 g/mol. The average Bonchev–Trinajstić information content (AvgIpc) is 3.38. The molecule has 0 bridgehead atoms. The third kappa shape index (κ3) is 7.01. The number of amidine groups is 1. The third-order valence-electron chi connectivity index (χ3n) is 5.72. The number of aliphatic imine (C=N–C) groups is 1. The van der Waals surface area contributed by atoms with Crippen LogP contribution in [0.25, 0.3) is 0 Å². The molecule has 2 heterocycles. The number of halogens is 3. The van der Waals surface area contributed by atoms with Gasteiger partial charge in [0.25, 0.3) is 0 Å². The van der Waals surface area contributed by atoms with E-state index >= 15 is 0 Å². The molecule has 0 aliphatic carbocycles. The SMILES string of the molecule is CC(N=CC(NC(=O)C(C(=N)N)c1ncccn1)C(=N)c1cc(Cl)ccc1OC(F)F)C1CCNC1. The first kappa shape index (κ1) is 27.1. The number of rotatable bonds is 11. The van der Waals surface area contributed by atoms with Gasteiger partial charge in [0.05, 0.1) is 11.8 Å². The Morgan fingerprint density at radius 3 is 2.69 bits per heavy atom. The minimum atomic E-state index is -3.13. The van der Waals surface area contributed by atoms with Crippen molar-refractivity contribution < 1.29 is 18.3 Å². The molecule has 2 aromatic rings. The molecule has 0 saturated carbocycles. The van der Waals surface area contributed by atoms with E-state index in [2.05, 4.69) is 30.3 Å². The first-order valence-electron chi connectivity index (χ1n) is 11.2. The van der Waals surface area contributed by atoms with Crippen LogP contribution in [-0.2, 0) is 4.79 Å². The summed E-state index contributed by atoms with van der Waals surface area (Å²) in [5.41, 5.74) is 5.32. The van der Waals surface area contributed by atoms with Crippen LogP contribution in [0.4, 0.5) is 8.78 Å². The van der Waals surface area contributed by atoms with Crippen LogP contribution in [0.3, 0.4) is 0 Å². The van der Waals surface area contributed by atoms with Crippen LogP contribution in [0.1, 0.15) is 30.7 Å². The molecule has 0 radical (unpaired) electrons. The molecule has 3 rings (SSSR count). The van der Waals surface area contributed by atoms with E-state index in [1.54, 1.807) is 6.07 Å². The zero-order valence-corrected chi connectivity index (χ0v) is 20.2. The Hall–Kier alpha value is -3.51. The summed E-state index contributed by atoms with van der Waals surface area (Å²) < 4.78 is 30.6. The van der Waals surface area contributed by atoms with Crippen LogP contribution < -0.4 is 21.1 Å². The summed E-state index contributed by atoms with van der Waals surface area (Å²) >= 11 is 6.06. The normalized spacial score (nSPS) is 18.1. The topological polar surface area (TPSA) is 162 Å². The van der Waals surface area contributed by atoms with Gasteiger partial charge in [0.15, 0.2) is 5.92 Å². The molecule has 36 heavy (non-hydrogen) atoms. The zero-order chi connectivity index (χ0) is 26.2. The summed E-state index contributed by atoms with van der Waals surface area (Å²) in [7, 11) is 0. The number of hydrogen-bond acceptors (Lipinski definition) is 8. The van der Waals surface area contributed by atoms with E-state index in [1.165, 1.54) is 36.8 Å². The van der Waals surface area contributed by atoms with Gasteiger partial charge in [-0.05, 0) is 50.1 Å². The summed E-state index contributed by atoms with van der Waals surface area (Å²) in [5, 5.41) is 22.7. The number of ether oxygens (including phenoxy) is 1. The van der Waals surface area contributed by atoms with E-state index < -0.39 is 30.3 Å². The molecule has 1 aliphatic rings. The van der Waals surface area contributed by atoms with Gasteiger partial charge < -0.3 is 26.5 Å². The Bertz CT molecular complexity index is 1110. The summed E-state index contributed by atoms with van der Waals surface area (Å²) in [6.45, 7) is 0.434. The van der Waals surface area contributed by atoms with Crippen molar-refractivity contribution in [3.63, 3.8) is 0 Å². The molecule has 10 nitrogen and oxygen atoms in total. The van der Waals surface area contributed by atoms with Crippen molar-refractivity contribution in [3.8, 4) is 5.75 Å². The fourth-order valence-electron chi connectivity index (χ4n) is 3.79. The molecule has 1 aliphatic heterocycles. The number of amides is 1. The lowest BCUT2D eigenvalue weighted by atomic mass is 9.99. The van der Waals surface area contributed by atoms with E-state index in [9.17, 15) is 13.6 Å². The van der Waals surface area contributed by atoms with E-state index in [-0.39, 0.29) is 39.8 Å². The smallest absolute Gasteiger partial charge is 0.387 e. The van der Waals surface area contributed by atoms with E-state index in [0.29, 0.717) is 0 Å². The number of aromatic nitrogens is 2. The fourth-order valence-corrected chi connectivity index (χ4v) is 3.96. The van der Waals surface area contributed by atoms with Crippen molar-refractivity contribution in [2.24, 2.45) is 16.6 Å². The first-order valence-corrected chi connectivity index (χ1v) is 11.5. The predicted octanol–water partition coefficient (Wildman–Crippen LogP) is 2.37. The monoisotopic (exact) mass is 520 g/mol. The van der Waals surface area contributed by atoms with Crippen molar-refractivity contribution in [3.05, 3.63) is 53.1 Å². The molecule has 0 spiro atoms. The molecule has 1 aromatic carbocycles. The maximum atomic E-state index is 13.2. The number of hydrogen-bond donors (Lipinski definition) is 5. The lowest BCUT2D eigenvalue weighted by Crippen LogP contribution is -2.47. The molecule has 4 atom stereocenters. The Balaban J connectivity index is 1.95. The standard InChI is InChI=1S/C23H27ClF2N8O2/c1-12(13-5-8-30-10-13)33-11-16(19(27)15-9-14(24)3-4-17(15)36-23(25)26)34-22(35)18(20(28)29)21-31-6-2-7-32-21/h2-4,6-7,9,11-13,16,18,23,27,30H,5,8,10H2,1H3,(H3,28,29)(H,34,35). The van der Waals surface area contributed by atoms with Crippen molar-refractivity contribution in [1.29, 1.82) is 10.8 Å². The highest BCUT2D eigenvalue weighted by Crippen LogP contribution is 2.26. The van der Waals surface area contributed by atoms with E-state index in [0.717, 1.165) is 19.5 Å². The lowest BCUT2D eigenvalue weighted by molar-refractivity contribution is -0.121. The average molecular weight is 521 g/mol. The van der Waals surface area contributed by atoms with Crippen LogP contribution in [-0.4, -0.2) is 65.4 Å². The number of carbonyl (C=O) groups is 1. The molecule has 4 unspecified atom stereocenters. The van der Waals surface area contributed by atoms with Gasteiger partial charge >= 0.3 is 6.61 Å². The molecule has 1 aromatic heterocycles. The summed E-state index contributed by atoms with van der Waals surface area (Å²) in [5.74, 6) is -2.62. The molecular formula is C23H27ClF2N8O2. The maximum Gasteiger partial charge on any atom is 0.387 e. The lowest BCUT2D eigenvalue weighted by Gasteiger charge is -2.22. The number of alkyl halides is 2. The fraction of sp³-hybridized carbons (Fsp3) is 0.391. The number of carbonyl (C=O) groups excluding carboxylic acids is 1. The Labute approximate surface area is 211 Å². The predicted molar refractivity (Wildman–Crippen MR) is 132 cm³/mol. The first-order chi connectivity index (χ1) is 17.2. The highest BCUT2D eigenvalue weighted by molar-refractivity contribution is 6.31. The zero-order valence-electron chi connectivity index (χ0n) is 19.4.